The van der Waals surface area contributed by atoms with Gasteiger partial charge < -0.3 is 10.2 Å². The highest BCUT2D eigenvalue weighted by atomic mass is 79.9. The predicted molar refractivity (Wildman–Crippen MR) is 69.9 cm³/mol. The van der Waals surface area contributed by atoms with Gasteiger partial charge in [-0.3, -0.25) is 0 Å². The number of hydrogen-bond acceptors (Lipinski definition) is 4. The summed E-state index contributed by atoms with van der Waals surface area (Å²) >= 11 is 3.50. The van der Waals surface area contributed by atoms with Crippen molar-refractivity contribution in [2.45, 2.75) is 19.3 Å². The van der Waals surface area contributed by atoms with Crippen LogP contribution in [0.15, 0.2) is 10.7 Å². The van der Waals surface area contributed by atoms with Gasteiger partial charge in [-0.25, -0.2) is 4.98 Å². The van der Waals surface area contributed by atoms with E-state index >= 15 is 0 Å². The van der Waals surface area contributed by atoms with Crippen molar-refractivity contribution in [3.8, 4) is 0 Å². The molecule has 0 bridgehead atoms. The van der Waals surface area contributed by atoms with Gasteiger partial charge in [-0.05, 0) is 34.7 Å². The molecule has 1 aliphatic rings. The fraction of sp³-hybridized carbons (Fsp3) is 0.636. The van der Waals surface area contributed by atoms with Crippen molar-refractivity contribution in [1.82, 2.24) is 9.97 Å². The van der Waals surface area contributed by atoms with Crippen molar-refractivity contribution < 1.29 is 0 Å². The molecule has 0 aliphatic heterocycles. The highest BCUT2D eigenvalue weighted by molar-refractivity contribution is 9.10. The van der Waals surface area contributed by atoms with Gasteiger partial charge in [0.1, 0.15) is 5.82 Å². The summed E-state index contributed by atoms with van der Waals surface area (Å²) in [5, 5.41) is 2.96. The first-order valence-electron chi connectivity index (χ1n) is 5.62. The minimum Gasteiger partial charge on any atom is -0.358 e. The Kier molecular flexibility index (Phi) is 3.63. The predicted octanol–water partition coefficient (Wildman–Crippen LogP) is 2.52. The molecule has 0 spiro atoms. The second-order valence-electron chi connectivity index (χ2n) is 4.29. The summed E-state index contributed by atoms with van der Waals surface area (Å²) in [5.41, 5.74) is 0. The zero-order valence-corrected chi connectivity index (χ0v) is 11.3. The van der Waals surface area contributed by atoms with Crippen molar-refractivity contribution in [3.63, 3.8) is 0 Å². The van der Waals surface area contributed by atoms with Crippen molar-refractivity contribution in [2.24, 2.45) is 5.92 Å². The van der Waals surface area contributed by atoms with Crippen LogP contribution in [-0.4, -0.2) is 30.6 Å². The van der Waals surface area contributed by atoms with Crippen LogP contribution in [0.4, 0.5) is 11.8 Å². The molecule has 4 nitrogen and oxygen atoms in total. The van der Waals surface area contributed by atoms with Crippen LogP contribution in [-0.2, 0) is 0 Å². The van der Waals surface area contributed by atoms with Crippen molar-refractivity contribution in [3.05, 3.63) is 10.7 Å². The van der Waals surface area contributed by atoms with Crippen molar-refractivity contribution >= 4 is 27.7 Å². The Morgan fingerprint density at radius 2 is 2.31 bits per heavy atom. The van der Waals surface area contributed by atoms with Crippen LogP contribution in [0.25, 0.3) is 0 Å². The van der Waals surface area contributed by atoms with Crippen molar-refractivity contribution in [2.75, 3.05) is 30.9 Å². The smallest absolute Gasteiger partial charge is 0.224 e. The molecule has 0 amide bonds. The Balaban J connectivity index is 2.10. The Labute approximate surface area is 105 Å². The molecule has 1 N–H and O–H groups in total. The average Bonchev–Trinajstić information content (AvgIpc) is 2.24. The molecule has 88 valence electrons. The van der Waals surface area contributed by atoms with Crippen LogP contribution in [0, 0.1) is 5.92 Å². The molecule has 0 aromatic carbocycles. The lowest BCUT2D eigenvalue weighted by Gasteiger charge is -2.31. The zero-order chi connectivity index (χ0) is 11.5. The summed E-state index contributed by atoms with van der Waals surface area (Å²) in [6.45, 7) is 1.08. The Morgan fingerprint density at radius 1 is 1.56 bits per heavy atom. The zero-order valence-electron chi connectivity index (χ0n) is 9.70. The summed E-state index contributed by atoms with van der Waals surface area (Å²) in [5.74, 6) is 2.47. The summed E-state index contributed by atoms with van der Waals surface area (Å²) < 4.78 is 0.952. The number of anilines is 2. The van der Waals surface area contributed by atoms with Crippen LogP contribution < -0.4 is 10.2 Å². The molecule has 1 heterocycles. The molecule has 0 saturated heterocycles. The maximum atomic E-state index is 4.46. The molecular formula is C11H17BrN4. The lowest BCUT2D eigenvalue weighted by atomic mass is 9.85. The fourth-order valence-electron chi connectivity index (χ4n) is 1.90. The second-order valence-corrected chi connectivity index (χ2v) is 5.15. The van der Waals surface area contributed by atoms with E-state index in [0.717, 1.165) is 22.8 Å². The number of halogens is 1. The van der Waals surface area contributed by atoms with E-state index in [1.54, 1.807) is 6.20 Å². The number of aromatic nitrogens is 2. The Hall–Kier alpha value is -0.840. The third-order valence-corrected chi connectivity index (χ3v) is 3.63. The standard InChI is InChI=1S/C11H17BrN4/c1-13-11-14-6-9(12)10(15-11)16(2)7-8-4-3-5-8/h6,8H,3-5,7H2,1-2H3,(H,13,14,15). The molecular weight excluding hydrogens is 268 g/mol. The van der Waals surface area contributed by atoms with Crippen LogP contribution in [0.5, 0.6) is 0 Å². The third kappa shape index (κ3) is 2.45. The van der Waals surface area contributed by atoms with Gasteiger partial charge in [0.25, 0.3) is 0 Å². The molecule has 0 atom stereocenters. The Bertz CT molecular complexity index is 365. The highest BCUT2D eigenvalue weighted by Gasteiger charge is 2.20. The van der Waals surface area contributed by atoms with Crippen LogP contribution in [0.2, 0.25) is 0 Å². The summed E-state index contributed by atoms with van der Waals surface area (Å²) in [6, 6.07) is 0. The van der Waals surface area contributed by atoms with Crippen LogP contribution in [0.1, 0.15) is 19.3 Å². The fourth-order valence-corrected chi connectivity index (χ4v) is 2.39. The molecule has 2 rings (SSSR count). The van der Waals surface area contributed by atoms with Gasteiger partial charge in [0.2, 0.25) is 5.95 Å². The molecule has 0 radical (unpaired) electrons. The van der Waals surface area contributed by atoms with Gasteiger partial charge >= 0.3 is 0 Å². The normalized spacial score (nSPS) is 15.7. The van der Waals surface area contributed by atoms with E-state index in [2.05, 4.69) is 43.2 Å². The summed E-state index contributed by atoms with van der Waals surface area (Å²) in [6.07, 6.45) is 5.88. The molecule has 1 saturated carbocycles. The van der Waals surface area contributed by atoms with Crippen LogP contribution in [0.3, 0.4) is 0 Å². The molecule has 1 aromatic rings. The van der Waals surface area contributed by atoms with Gasteiger partial charge in [0.05, 0.1) is 4.47 Å². The van der Waals surface area contributed by atoms with E-state index in [9.17, 15) is 0 Å². The lowest BCUT2D eigenvalue weighted by molar-refractivity contribution is 0.321. The highest BCUT2D eigenvalue weighted by Crippen LogP contribution is 2.30. The second kappa shape index (κ2) is 4.99. The van der Waals surface area contributed by atoms with E-state index in [4.69, 9.17) is 0 Å². The number of nitrogens with zero attached hydrogens (tertiary/aromatic N) is 3. The van der Waals surface area contributed by atoms with E-state index in [-0.39, 0.29) is 0 Å². The molecule has 1 aromatic heterocycles. The minimum atomic E-state index is 0.665. The summed E-state index contributed by atoms with van der Waals surface area (Å²) in [4.78, 5) is 10.8. The molecule has 1 aliphatic carbocycles. The molecule has 5 heteroatoms. The maximum absolute atomic E-state index is 4.46. The number of rotatable bonds is 4. The number of hydrogen-bond donors (Lipinski definition) is 1. The topological polar surface area (TPSA) is 41.1 Å². The first-order chi connectivity index (χ1) is 7.70. The number of nitrogens with one attached hydrogen (secondary N) is 1. The van der Waals surface area contributed by atoms with E-state index in [1.165, 1.54) is 19.3 Å². The van der Waals surface area contributed by atoms with E-state index < -0.39 is 0 Å². The van der Waals surface area contributed by atoms with Gasteiger partial charge in [0, 0.05) is 26.8 Å². The maximum Gasteiger partial charge on any atom is 0.224 e. The first-order valence-corrected chi connectivity index (χ1v) is 6.41. The molecule has 0 unspecified atom stereocenters. The van der Waals surface area contributed by atoms with Crippen molar-refractivity contribution in [1.29, 1.82) is 0 Å². The van der Waals surface area contributed by atoms with Gasteiger partial charge in [-0.1, -0.05) is 6.42 Å². The lowest BCUT2D eigenvalue weighted by Crippen LogP contribution is -2.30. The van der Waals surface area contributed by atoms with E-state index in [1.807, 2.05) is 7.05 Å². The molecule has 16 heavy (non-hydrogen) atoms. The molecule has 1 fully saturated rings. The monoisotopic (exact) mass is 284 g/mol. The quantitative estimate of drug-likeness (QED) is 0.923. The summed E-state index contributed by atoms with van der Waals surface area (Å²) in [7, 11) is 3.92. The van der Waals surface area contributed by atoms with Gasteiger partial charge in [-0.15, -0.1) is 0 Å². The first kappa shape index (κ1) is 11.6. The van der Waals surface area contributed by atoms with Crippen LogP contribution >= 0.6 is 15.9 Å². The minimum absolute atomic E-state index is 0.665. The average molecular weight is 285 g/mol. The van der Waals surface area contributed by atoms with E-state index in [0.29, 0.717) is 5.95 Å². The Morgan fingerprint density at radius 3 is 2.88 bits per heavy atom. The van der Waals surface area contributed by atoms with Gasteiger partial charge in [-0.2, -0.15) is 4.98 Å². The third-order valence-electron chi connectivity index (χ3n) is 3.07. The SMILES string of the molecule is CNc1ncc(Br)c(N(C)CC2CCC2)n1. The largest absolute Gasteiger partial charge is 0.358 e. The van der Waals surface area contributed by atoms with Gasteiger partial charge in [0.15, 0.2) is 0 Å².